The number of allylic oxidation sites excluding steroid dienone is 1. The number of ether oxygens (including phenoxy) is 2. The molecule has 3 rings (SSSR count). The number of morpholine rings is 1. The predicted octanol–water partition coefficient (Wildman–Crippen LogP) is 2.37. The van der Waals surface area contributed by atoms with Gasteiger partial charge in [-0.2, -0.15) is 0 Å². The number of nitrogens with zero attached hydrogens (tertiary/aromatic N) is 1. The van der Waals surface area contributed by atoms with Crippen LogP contribution in [0.4, 0.5) is 0 Å². The fourth-order valence-electron chi connectivity index (χ4n) is 3.59. The van der Waals surface area contributed by atoms with Crippen molar-refractivity contribution in [2.24, 2.45) is 0 Å². The smallest absolute Gasteiger partial charge is 0.174 e. The summed E-state index contributed by atoms with van der Waals surface area (Å²) >= 11 is 0. The van der Waals surface area contributed by atoms with Crippen molar-refractivity contribution < 1.29 is 14.6 Å². The molecule has 2 aliphatic heterocycles. The number of hydrogen-bond donors (Lipinski definition) is 1. The maximum absolute atomic E-state index is 9.51. The molecular weight excluding hydrogens is 290 g/mol. The van der Waals surface area contributed by atoms with Crippen molar-refractivity contribution in [2.75, 3.05) is 19.7 Å². The Morgan fingerprint density at radius 2 is 2.09 bits per heavy atom. The molecule has 2 aliphatic rings. The fraction of sp³-hybridized carbons (Fsp3) is 0.579. The highest BCUT2D eigenvalue weighted by molar-refractivity contribution is 5.17. The van der Waals surface area contributed by atoms with Gasteiger partial charge in [-0.1, -0.05) is 48.9 Å². The van der Waals surface area contributed by atoms with Crippen LogP contribution in [0.5, 0.6) is 0 Å². The maximum atomic E-state index is 9.51. The van der Waals surface area contributed by atoms with Gasteiger partial charge >= 0.3 is 0 Å². The highest BCUT2D eigenvalue weighted by atomic mass is 16.7. The van der Waals surface area contributed by atoms with Crippen molar-refractivity contribution in [1.29, 1.82) is 0 Å². The first-order chi connectivity index (χ1) is 11.2. The van der Waals surface area contributed by atoms with Gasteiger partial charge in [-0.05, 0) is 25.3 Å². The van der Waals surface area contributed by atoms with E-state index in [9.17, 15) is 5.11 Å². The van der Waals surface area contributed by atoms with Crippen LogP contribution in [0.2, 0.25) is 0 Å². The Bertz CT molecular complexity index is 531. The van der Waals surface area contributed by atoms with Crippen LogP contribution < -0.4 is 0 Å². The van der Waals surface area contributed by atoms with E-state index >= 15 is 0 Å². The molecule has 0 unspecified atom stereocenters. The molecule has 0 aliphatic carbocycles. The van der Waals surface area contributed by atoms with Gasteiger partial charge in [-0.15, -0.1) is 0 Å². The second-order valence-electron chi connectivity index (χ2n) is 6.55. The first kappa shape index (κ1) is 16.7. The highest BCUT2D eigenvalue weighted by Crippen LogP contribution is 2.32. The molecule has 0 radical (unpaired) electrons. The summed E-state index contributed by atoms with van der Waals surface area (Å²) in [5, 5.41) is 9.51. The standard InChI is InChI=1S/C19H27NO3/c1-3-7-14(2)11-20-12-17-18(13-21)23-19(22-17)16(20)10-15-8-5-4-6-9-15/h4-9,16-19,21H,3,10-13H2,1-2H3/b14-7+/t16-,17+,18+,19+/m1/s1. The summed E-state index contributed by atoms with van der Waals surface area (Å²) in [6.07, 6.45) is 3.77. The Labute approximate surface area is 138 Å². The number of aliphatic hydroxyl groups excluding tert-OH is 1. The fourth-order valence-corrected chi connectivity index (χ4v) is 3.59. The molecule has 1 aromatic carbocycles. The SMILES string of the molecule is CC/C=C(\C)CN1C[C@@H]2O[C@@H](O[C@H]2CO)[C@H]1Cc1ccccc1. The lowest BCUT2D eigenvalue weighted by molar-refractivity contribution is -0.145. The first-order valence-electron chi connectivity index (χ1n) is 8.56. The molecule has 4 heteroatoms. The second kappa shape index (κ2) is 7.58. The average Bonchev–Trinajstić information content (AvgIpc) is 2.90. The van der Waals surface area contributed by atoms with Gasteiger partial charge < -0.3 is 14.6 Å². The van der Waals surface area contributed by atoms with Gasteiger partial charge in [0.25, 0.3) is 0 Å². The monoisotopic (exact) mass is 317 g/mol. The maximum Gasteiger partial charge on any atom is 0.174 e. The van der Waals surface area contributed by atoms with Crippen molar-refractivity contribution in [3.8, 4) is 0 Å². The second-order valence-corrected chi connectivity index (χ2v) is 6.55. The van der Waals surface area contributed by atoms with Crippen LogP contribution in [0.25, 0.3) is 0 Å². The van der Waals surface area contributed by atoms with Gasteiger partial charge in [0.05, 0.1) is 12.6 Å². The lowest BCUT2D eigenvalue weighted by Gasteiger charge is -2.39. The summed E-state index contributed by atoms with van der Waals surface area (Å²) in [6, 6.07) is 10.7. The van der Waals surface area contributed by atoms with Gasteiger partial charge in [0.1, 0.15) is 12.2 Å². The van der Waals surface area contributed by atoms with Crippen LogP contribution >= 0.6 is 0 Å². The van der Waals surface area contributed by atoms with E-state index in [1.165, 1.54) is 11.1 Å². The van der Waals surface area contributed by atoms with E-state index in [2.05, 4.69) is 49.1 Å². The van der Waals surface area contributed by atoms with Gasteiger partial charge in [0.2, 0.25) is 0 Å². The summed E-state index contributed by atoms with van der Waals surface area (Å²) in [5.41, 5.74) is 2.67. The molecular formula is C19H27NO3. The van der Waals surface area contributed by atoms with E-state index in [4.69, 9.17) is 9.47 Å². The molecule has 2 saturated heterocycles. The van der Waals surface area contributed by atoms with E-state index in [0.29, 0.717) is 0 Å². The zero-order valence-corrected chi connectivity index (χ0v) is 14.0. The lowest BCUT2D eigenvalue weighted by Crippen LogP contribution is -2.53. The Hall–Kier alpha value is -1.20. The molecule has 0 aromatic heterocycles. The molecule has 2 bridgehead atoms. The Kier molecular flexibility index (Phi) is 5.49. The Balaban J connectivity index is 1.77. The van der Waals surface area contributed by atoms with Gasteiger partial charge in [-0.25, -0.2) is 0 Å². The largest absolute Gasteiger partial charge is 0.394 e. The number of rotatable bonds is 6. The van der Waals surface area contributed by atoms with Gasteiger partial charge in [-0.3, -0.25) is 4.90 Å². The first-order valence-corrected chi connectivity index (χ1v) is 8.56. The van der Waals surface area contributed by atoms with Crippen LogP contribution in [-0.4, -0.2) is 54.2 Å². The lowest BCUT2D eigenvalue weighted by atomic mass is 10.0. The third kappa shape index (κ3) is 3.83. The quantitative estimate of drug-likeness (QED) is 0.818. The predicted molar refractivity (Wildman–Crippen MR) is 90.2 cm³/mol. The van der Waals surface area contributed by atoms with E-state index in [-0.39, 0.29) is 31.1 Å². The summed E-state index contributed by atoms with van der Waals surface area (Å²) in [4.78, 5) is 2.46. The molecule has 0 spiro atoms. The summed E-state index contributed by atoms with van der Waals surface area (Å²) < 4.78 is 12.0. The molecule has 2 heterocycles. The van der Waals surface area contributed by atoms with Crippen molar-refractivity contribution in [3.05, 3.63) is 47.5 Å². The van der Waals surface area contributed by atoms with E-state index in [0.717, 1.165) is 25.9 Å². The zero-order valence-electron chi connectivity index (χ0n) is 14.0. The van der Waals surface area contributed by atoms with Crippen LogP contribution in [0, 0.1) is 0 Å². The Morgan fingerprint density at radius 1 is 1.30 bits per heavy atom. The summed E-state index contributed by atoms with van der Waals surface area (Å²) in [5.74, 6) is 0. The van der Waals surface area contributed by atoms with Crippen LogP contribution in [-0.2, 0) is 15.9 Å². The third-order valence-corrected chi connectivity index (χ3v) is 4.70. The van der Waals surface area contributed by atoms with E-state index < -0.39 is 0 Å². The van der Waals surface area contributed by atoms with Crippen molar-refractivity contribution in [2.45, 2.75) is 51.2 Å². The molecule has 1 N–H and O–H groups in total. The van der Waals surface area contributed by atoms with Crippen molar-refractivity contribution in [3.63, 3.8) is 0 Å². The van der Waals surface area contributed by atoms with Crippen molar-refractivity contribution >= 4 is 0 Å². The minimum atomic E-state index is -0.250. The molecule has 4 nitrogen and oxygen atoms in total. The number of aliphatic hydroxyl groups is 1. The highest BCUT2D eigenvalue weighted by Gasteiger charge is 2.47. The normalized spacial score (nSPS) is 31.5. The number of hydrogen-bond acceptors (Lipinski definition) is 4. The number of benzene rings is 1. The number of fused-ring (bicyclic) bond motifs is 2. The summed E-state index contributed by atoms with van der Waals surface area (Å²) in [7, 11) is 0. The zero-order chi connectivity index (χ0) is 16.2. The minimum Gasteiger partial charge on any atom is -0.394 e. The third-order valence-electron chi connectivity index (χ3n) is 4.70. The van der Waals surface area contributed by atoms with Crippen LogP contribution in [0.15, 0.2) is 42.0 Å². The average molecular weight is 317 g/mol. The topological polar surface area (TPSA) is 41.9 Å². The molecule has 2 fully saturated rings. The van der Waals surface area contributed by atoms with E-state index in [1.54, 1.807) is 0 Å². The molecule has 4 atom stereocenters. The molecule has 1 aromatic rings. The van der Waals surface area contributed by atoms with Gasteiger partial charge in [0.15, 0.2) is 6.29 Å². The molecule has 126 valence electrons. The van der Waals surface area contributed by atoms with Gasteiger partial charge in [0, 0.05) is 13.1 Å². The summed E-state index contributed by atoms with van der Waals surface area (Å²) in [6.45, 7) is 6.12. The van der Waals surface area contributed by atoms with Crippen LogP contribution in [0.1, 0.15) is 25.8 Å². The molecule has 0 saturated carbocycles. The van der Waals surface area contributed by atoms with E-state index in [1.807, 2.05) is 6.07 Å². The molecule has 23 heavy (non-hydrogen) atoms. The van der Waals surface area contributed by atoms with Crippen LogP contribution in [0.3, 0.4) is 0 Å². The van der Waals surface area contributed by atoms with Crippen molar-refractivity contribution in [1.82, 2.24) is 4.90 Å². The minimum absolute atomic E-state index is 0.0218. The molecule has 0 amide bonds. The Morgan fingerprint density at radius 3 is 2.78 bits per heavy atom.